The summed E-state index contributed by atoms with van der Waals surface area (Å²) in [5.41, 5.74) is 0.151. The van der Waals surface area contributed by atoms with Crippen molar-refractivity contribution >= 4 is 5.91 Å². The minimum atomic E-state index is 0.151. The Kier molecular flexibility index (Phi) is 4.85. The molecule has 0 aliphatic carbocycles. The summed E-state index contributed by atoms with van der Waals surface area (Å²) in [6.45, 7) is 9.31. The highest BCUT2D eigenvalue weighted by atomic mass is 16.5. The van der Waals surface area contributed by atoms with E-state index in [9.17, 15) is 4.79 Å². The van der Waals surface area contributed by atoms with Crippen molar-refractivity contribution in [3.05, 3.63) is 0 Å². The van der Waals surface area contributed by atoms with Crippen molar-refractivity contribution in [3.8, 4) is 0 Å². The van der Waals surface area contributed by atoms with Gasteiger partial charge >= 0.3 is 0 Å². The Hall–Kier alpha value is -0.610. The van der Waals surface area contributed by atoms with Crippen molar-refractivity contribution in [1.82, 2.24) is 10.6 Å². The first-order chi connectivity index (χ1) is 8.97. The van der Waals surface area contributed by atoms with E-state index in [1.165, 1.54) is 0 Å². The number of hydrogen-bond acceptors (Lipinski definition) is 3. The van der Waals surface area contributed by atoms with Gasteiger partial charge in [0.25, 0.3) is 0 Å². The largest absolute Gasteiger partial charge is 0.378 e. The molecule has 0 spiro atoms. The third kappa shape index (κ3) is 4.18. The van der Waals surface area contributed by atoms with Crippen molar-refractivity contribution in [2.24, 2.45) is 11.3 Å². The topological polar surface area (TPSA) is 50.4 Å². The van der Waals surface area contributed by atoms with Gasteiger partial charge in [-0.1, -0.05) is 20.8 Å². The molecule has 0 aromatic rings. The highest BCUT2D eigenvalue weighted by Gasteiger charge is 2.33. The van der Waals surface area contributed by atoms with Crippen molar-refractivity contribution in [2.45, 2.75) is 58.6 Å². The molecule has 2 rings (SSSR count). The molecule has 4 nitrogen and oxygen atoms in total. The molecule has 0 aromatic heterocycles. The zero-order valence-electron chi connectivity index (χ0n) is 12.5. The van der Waals surface area contributed by atoms with Crippen molar-refractivity contribution in [1.29, 1.82) is 0 Å². The monoisotopic (exact) mass is 268 g/mol. The van der Waals surface area contributed by atoms with Gasteiger partial charge in [0.05, 0.1) is 6.10 Å². The summed E-state index contributed by atoms with van der Waals surface area (Å²) in [6.07, 6.45) is 4.08. The number of rotatable bonds is 2. The summed E-state index contributed by atoms with van der Waals surface area (Å²) < 4.78 is 5.84. The Labute approximate surface area is 116 Å². The van der Waals surface area contributed by atoms with Crippen LogP contribution in [0.2, 0.25) is 0 Å². The van der Waals surface area contributed by atoms with E-state index in [-0.39, 0.29) is 23.3 Å². The molecule has 2 atom stereocenters. The predicted octanol–water partition coefficient (Wildman–Crippen LogP) is 1.70. The molecule has 2 aliphatic heterocycles. The summed E-state index contributed by atoms with van der Waals surface area (Å²) in [7, 11) is 0. The van der Waals surface area contributed by atoms with E-state index in [4.69, 9.17) is 4.74 Å². The number of ether oxygens (including phenoxy) is 1. The molecule has 2 N–H and O–H groups in total. The molecule has 0 aromatic carbocycles. The molecule has 2 saturated heterocycles. The Morgan fingerprint density at radius 2 is 1.89 bits per heavy atom. The second kappa shape index (κ2) is 6.23. The van der Waals surface area contributed by atoms with Gasteiger partial charge in [0.15, 0.2) is 0 Å². The smallest absolute Gasteiger partial charge is 0.223 e. The minimum absolute atomic E-state index is 0.151. The number of carbonyl (C=O) groups excluding carboxylic acids is 1. The first-order valence-electron chi connectivity index (χ1n) is 7.59. The summed E-state index contributed by atoms with van der Waals surface area (Å²) in [5.74, 6) is 0.457. The average molecular weight is 268 g/mol. The number of hydrogen-bond donors (Lipinski definition) is 2. The van der Waals surface area contributed by atoms with E-state index in [2.05, 4.69) is 31.4 Å². The van der Waals surface area contributed by atoms with E-state index in [1.54, 1.807) is 0 Å². The van der Waals surface area contributed by atoms with Crippen LogP contribution < -0.4 is 10.6 Å². The lowest BCUT2D eigenvalue weighted by Crippen LogP contribution is -2.48. The first kappa shape index (κ1) is 14.8. The van der Waals surface area contributed by atoms with Gasteiger partial charge in [-0.2, -0.15) is 0 Å². The van der Waals surface area contributed by atoms with Gasteiger partial charge in [0, 0.05) is 18.6 Å². The summed E-state index contributed by atoms with van der Waals surface area (Å²) >= 11 is 0. The van der Waals surface area contributed by atoms with Crippen LogP contribution >= 0.6 is 0 Å². The predicted molar refractivity (Wildman–Crippen MR) is 76.0 cm³/mol. The van der Waals surface area contributed by atoms with Gasteiger partial charge in [0.2, 0.25) is 5.91 Å². The van der Waals surface area contributed by atoms with Crippen LogP contribution in [0, 0.1) is 11.3 Å². The van der Waals surface area contributed by atoms with Crippen molar-refractivity contribution < 1.29 is 9.53 Å². The number of amides is 1. The maximum Gasteiger partial charge on any atom is 0.223 e. The van der Waals surface area contributed by atoms with Crippen molar-refractivity contribution in [2.75, 3.05) is 19.7 Å². The van der Waals surface area contributed by atoms with Gasteiger partial charge in [-0.3, -0.25) is 4.79 Å². The molecule has 1 amide bonds. The van der Waals surface area contributed by atoms with Crippen LogP contribution in [0.1, 0.15) is 46.5 Å². The molecule has 2 aliphatic rings. The maximum absolute atomic E-state index is 12.2. The normalized spacial score (nSPS) is 30.1. The molecule has 0 bridgehead atoms. The Morgan fingerprint density at radius 3 is 2.53 bits per heavy atom. The van der Waals surface area contributed by atoms with Crippen LogP contribution in [0.5, 0.6) is 0 Å². The van der Waals surface area contributed by atoms with Gasteiger partial charge in [-0.25, -0.2) is 0 Å². The summed E-state index contributed by atoms with van der Waals surface area (Å²) in [5, 5.41) is 6.54. The quantitative estimate of drug-likeness (QED) is 0.801. The molecule has 2 heterocycles. The second-order valence-electron chi connectivity index (χ2n) is 6.98. The third-order valence-electron chi connectivity index (χ3n) is 4.31. The van der Waals surface area contributed by atoms with Gasteiger partial charge < -0.3 is 15.4 Å². The Morgan fingerprint density at radius 1 is 1.21 bits per heavy atom. The molecular formula is C15H28N2O2. The molecule has 19 heavy (non-hydrogen) atoms. The number of carbonyl (C=O) groups is 1. The lowest BCUT2D eigenvalue weighted by atomic mass is 9.83. The number of nitrogens with one attached hydrogen (secondary N) is 2. The van der Waals surface area contributed by atoms with Crippen LogP contribution in [0.4, 0.5) is 0 Å². The fourth-order valence-electron chi connectivity index (χ4n) is 2.93. The van der Waals surface area contributed by atoms with Crippen LogP contribution in [0.3, 0.4) is 0 Å². The maximum atomic E-state index is 12.2. The Bertz CT molecular complexity index is 306. The van der Waals surface area contributed by atoms with E-state index in [0.717, 1.165) is 45.4 Å². The third-order valence-corrected chi connectivity index (χ3v) is 4.31. The van der Waals surface area contributed by atoms with Crippen LogP contribution in [0.15, 0.2) is 0 Å². The van der Waals surface area contributed by atoms with E-state index in [1.807, 2.05) is 0 Å². The first-order valence-corrected chi connectivity index (χ1v) is 7.59. The summed E-state index contributed by atoms with van der Waals surface area (Å²) in [4.78, 5) is 12.2. The fourth-order valence-corrected chi connectivity index (χ4v) is 2.93. The lowest BCUT2D eigenvalue weighted by molar-refractivity contribution is -0.128. The SMILES string of the molecule is CC(C)(C)C1CC(NC(=O)C2CCNCC2)CCO1. The average Bonchev–Trinajstić information content (AvgIpc) is 2.39. The number of piperidine rings is 1. The molecule has 0 radical (unpaired) electrons. The lowest BCUT2D eigenvalue weighted by Gasteiger charge is -2.38. The standard InChI is InChI=1S/C15H28N2O2/c1-15(2,3)13-10-12(6-9-19-13)17-14(18)11-4-7-16-8-5-11/h11-13,16H,4-10H2,1-3H3,(H,17,18). The molecule has 110 valence electrons. The molecule has 2 fully saturated rings. The van der Waals surface area contributed by atoms with Crippen LogP contribution in [-0.2, 0) is 9.53 Å². The summed E-state index contributed by atoms with van der Waals surface area (Å²) in [6, 6.07) is 0.292. The van der Waals surface area contributed by atoms with Gasteiger partial charge in [-0.05, 0) is 44.2 Å². The van der Waals surface area contributed by atoms with Crippen LogP contribution in [0.25, 0.3) is 0 Å². The van der Waals surface area contributed by atoms with E-state index in [0.29, 0.717) is 6.04 Å². The van der Waals surface area contributed by atoms with E-state index < -0.39 is 0 Å². The molecule has 0 saturated carbocycles. The zero-order chi connectivity index (χ0) is 13.9. The van der Waals surface area contributed by atoms with E-state index >= 15 is 0 Å². The van der Waals surface area contributed by atoms with Gasteiger partial charge in [0.1, 0.15) is 0 Å². The molecule has 4 heteroatoms. The second-order valence-corrected chi connectivity index (χ2v) is 6.98. The highest BCUT2D eigenvalue weighted by molar-refractivity contribution is 5.79. The van der Waals surface area contributed by atoms with Crippen molar-refractivity contribution in [3.63, 3.8) is 0 Å². The van der Waals surface area contributed by atoms with Gasteiger partial charge in [-0.15, -0.1) is 0 Å². The molecular weight excluding hydrogens is 240 g/mol. The Balaban J connectivity index is 1.83. The fraction of sp³-hybridized carbons (Fsp3) is 0.933. The minimum Gasteiger partial charge on any atom is -0.378 e. The zero-order valence-corrected chi connectivity index (χ0v) is 12.5. The van der Waals surface area contributed by atoms with Crippen LogP contribution in [-0.4, -0.2) is 37.7 Å². The highest BCUT2D eigenvalue weighted by Crippen LogP contribution is 2.29. The molecule has 2 unspecified atom stereocenters.